The molecule has 1 unspecified atom stereocenters. The molecule has 0 aliphatic carbocycles. The highest BCUT2D eigenvalue weighted by atomic mass is 28.3. The summed E-state index contributed by atoms with van der Waals surface area (Å²) in [7, 11) is 3.40. The van der Waals surface area contributed by atoms with Crippen molar-refractivity contribution in [1.29, 1.82) is 0 Å². The van der Waals surface area contributed by atoms with Crippen LogP contribution >= 0.6 is 0 Å². The quantitative estimate of drug-likeness (QED) is 0.554. The van der Waals surface area contributed by atoms with Gasteiger partial charge >= 0.3 is 0 Å². The third kappa shape index (κ3) is 2.52. The van der Waals surface area contributed by atoms with Crippen LogP contribution in [0.1, 0.15) is 6.92 Å². The van der Waals surface area contributed by atoms with E-state index in [2.05, 4.69) is 19.1 Å². The van der Waals surface area contributed by atoms with E-state index in [-0.39, 0.29) is 0 Å². The highest BCUT2D eigenvalue weighted by Gasteiger charge is 2.41. The predicted molar refractivity (Wildman–Crippen MR) is 67.5 cm³/mol. The van der Waals surface area contributed by atoms with Gasteiger partial charge in [-0.15, -0.1) is 0 Å². The van der Waals surface area contributed by atoms with Crippen molar-refractivity contribution in [1.82, 2.24) is 0 Å². The van der Waals surface area contributed by atoms with E-state index in [4.69, 9.17) is 14.2 Å². The van der Waals surface area contributed by atoms with Crippen LogP contribution in [0.5, 0.6) is 0 Å². The molecule has 0 heterocycles. The van der Waals surface area contributed by atoms with E-state index >= 15 is 0 Å². The first-order chi connectivity index (χ1) is 7.74. The molecule has 0 aliphatic rings. The van der Waals surface area contributed by atoms with E-state index in [1.807, 2.05) is 18.2 Å². The number of hydrogen-bond donors (Lipinski definition) is 0. The van der Waals surface area contributed by atoms with Crippen molar-refractivity contribution in [2.75, 3.05) is 21.3 Å². The molecular formula is C12H20O3Si. The van der Waals surface area contributed by atoms with Gasteiger partial charge in [-0.25, -0.2) is 0 Å². The van der Waals surface area contributed by atoms with Gasteiger partial charge in [0.05, 0.1) is 0 Å². The highest BCUT2D eigenvalue weighted by Crippen LogP contribution is 2.19. The smallest absolute Gasteiger partial charge is 0.257 e. The number of hydrogen-bond acceptors (Lipinski definition) is 3. The zero-order chi connectivity index (χ0) is 12.0. The van der Waals surface area contributed by atoms with Gasteiger partial charge in [-0.2, -0.15) is 0 Å². The molecule has 0 saturated carbocycles. The Hall–Kier alpha value is -0.683. The molecule has 4 heteroatoms. The fraction of sp³-hybridized carbons (Fsp3) is 0.500. The lowest BCUT2D eigenvalue weighted by Crippen LogP contribution is -2.57. The minimum atomic E-state index is -1.49. The topological polar surface area (TPSA) is 27.7 Å². The second kappa shape index (κ2) is 6.15. The van der Waals surface area contributed by atoms with Crippen LogP contribution < -0.4 is 5.19 Å². The molecule has 0 spiro atoms. The molecule has 0 amide bonds. The zero-order valence-electron chi connectivity index (χ0n) is 10.4. The summed E-state index contributed by atoms with van der Waals surface area (Å²) in [6.45, 7) is 2.15. The van der Waals surface area contributed by atoms with Gasteiger partial charge in [-0.1, -0.05) is 48.5 Å². The zero-order valence-corrected chi connectivity index (χ0v) is 11.6. The third-order valence-electron chi connectivity index (χ3n) is 2.89. The average Bonchev–Trinajstić information content (AvgIpc) is 2.37. The van der Waals surface area contributed by atoms with Crippen molar-refractivity contribution in [2.24, 2.45) is 0 Å². The maximum absolute atomic E-state index is 5.46. The summed E-state index contributed by atoms with van der Waals surface area (Å²) in [5.41, 5.74) is -0.865. The Bertz CT molecular complexity index is 290. The second-order valence-electron chi connectivity index (χ2n) is 3.59. The van der Waals surface area contributed by atoms with Gasteiger partial charge in [0.25, 0.3) is 5.60 Å². The Kier molecular flexibility index (Phi) is 5.14. The van der Waals surface area contributed by atoms with Crippen molar-refractivity contribution >= 4 is 14.0 Å². The van der Waals surface area contributed by atoms with Crippen LogP contribution in [0, 0.1) is 0 Å². The lowest BCUT2D eigenvalue weighted by atomic mass is 10.4. The molecule has 0 aromatic heterocycles. The predicted octanol–water partition coefficient (Wildman–Crippen LogP) is 1.27. The van der Waals surface area contributed by atoms with Gasteiger partial charge in [0.1, 0.15) is 0 Å². The van der Waals surface area contributed by atoms with Crippen LogP contribution in [0.4, 0.5) is 0 Å². The van der Waals surface area contributed by atoms with Crippen LogP contribution in [-0.2, 0) is 14.2 Å². The van der Waals surface area contributed by atoms with Gasteiger partial charge < -0.3 is 14.2 Å². The summed E-state index contributed by atoms with van der Waals surface area (Å²) in [5, 5.41) is 1.29. The second-order valence-corrected chi connectivity index (χ2v) is 6.88. The van der Waals surface area contributed by atoms with Crippen LogP contribution in [0.15, 0.2) is 30.3 Å². The summed E-state index contributed by atoms with van der Waals surface area (Å²) in [6, 6.07) is 11.3. The minimum absolute atomic E-state index is 0.865. The minimum Gasteiger partial charge on any atom is -0.335 e. The first-order valence-corrected chi connectivity index (χ1v) is 7.41. The standard InChI is InChI=1S/C12H20O3Si/c1-5-16(11-9-7-6-8-10-11)12(13-2,14-3)15-4/h6-10,16H,5H2,1-4H3. The lowest BCUT2D eigenvalue weighted by molar-refractivity contribution is -0.296. The molecule has 1 atom stereocenters. The number of rotatable bonds is 6. The van der Waals surface area contributed by atoms with Crippen LogP contribution in [-0.4, -0.2) is 35.7 Å². The Balaban J connectivity index is 3.05. The molecule has 0 bridgehead atoms. The summed E-state index contributed by atoms with van der Waals surface area (Å²) in [4.78, 5) is 0. The molecule has 3 nitrogen and oxygen atoms in total. The molecule has 1 aromatic rings. The van der Waals surface area contributed by atoms with Crippen molar-refractivity contribution in [2.45, 2.75) is 18.6 Å². The largest absolute Gasteiger partial charge is 0.335 e. The van der Waals surface area contributed by atoms with Gasteiger partial charge in [0, 0.05) is 21.3 Å². The third-order valence-corrected chi connectivity index (χ3v) is 6.46. The molecular weight excluding hydrogens is 220 g/mol. The van der Waals surface area contributed by atoms with Crippen molar-refractivity contribution < 1.29 is 14.2 Å². The first kappa shape index (κ1) is 13.4. The van der Waals surface area contributed by atoms with Gasteiger partial charge in [-0.3, -0.25) is 0 Å². The SMILES string of the molecule is CC[SiH](c1ccccc1)C(OC)(OC)OC. The molecule has 1 rings (SSSR count). The molecule has 90 valence electrons. The van der Waals surface area contributed by atoms with Gasteiger partial charge in [0.15, 0.2) is 8.80 Å². The molecule has 0 fully saturated rings. The summed E-state index contributed by atoms with van der Waals surface area (Å²) in [6.07, 6.45) is 0. The maximum Gasteiger partial charge on any atom is 0.257 e. The molecule has 16 heavy (non-hydrogen) atoms. The number of ether oxygens (including phenoxy) is 3. The summed E-state index contributed by atoms with van der Waals surface area (Å²) >= 11 is 0. The Morgan fingerprint density at radius 1 is 1.00 bits per heavy atom. The highest BCUT2D eigenvalue weighted by molar-refractivity contribution is 6.75. The summed E-state index contributed by atoms with van der Waals surface area (Å²) < 4.78 is 16.4. The Morgan fingerprint density at radius 2 is 1.50 bits per heavy atom. The molecule has 0 radical (unpaired) electrons. The van der Waals surface area contributed by atoms with Crippen molar-refractivity contribution in [3.63, 3.8) is 0 Å². The fourth-order valence-corrected chi connectivity index (χ4v) is 4.97. The average molecular weight is 240 g/mol. The Morgan fingerprint density at radius 3 is 1.88 bits per heavy atom. The van der Waals surface area contributed by atoms with Gasteiger partial charge in [0.2, 0.25) is 0 Å². The number of methoxy groups -OCH3 is 3. The van der Waals surface area contributed by atoms with E-state index in [0.29, 0.717) is 0 Å². The van der Waals surface area contributed by atoms with E-state index in [0.717, 1.165) is 6.04 Å². The summed E-state index contributed by atoms with van der Waals surface area (Å²) in [5.74, 6) is 0. The number of benzene rings is 1. The van der Waals surface area contributed by atoms with E-state index in [1.54, 1.807) is 21.3 Å². The van der Waals surface area contributed by atoms with E-state index in [9.17, 15) is 0 Å². The Labute approximate surface area is 98.9 Å². The fourth-order valence-electron chi connectivity index (χ4n) is 2.05. The monoisotopic (exact) mass is 240 g/mol. The van der Waals surface area contributed by atoms with Crippen LogP contribution in [0.3, 0.4) is 0 Å². The first-order valence-electron chi connectivity index (χ1n) is 5.44. The van der Waals surface area contributed by atoms with Crippen molar-refractivity contribution in [3.8, 4) is 0 Å². The lowest BCUT2D eigenvalue weighted by Gasteiger charge is -2.35. The molecule has 0 saturated heterocycles. The molecule has 0 N–H and O–H groups in total. The van der Waals surface area contributed by atoms with Crippen LogP contribution in [0.2, 0.25) is 6.04 Å². The van der Waals surface area contributed by atoms with E-state index in [1.165, 1.54) is 5.19 Å². The van der Waals surface area contributed by atoms with Crippen LogP contribution in [0.25, 0.3) is 0 Å². The van der Waals surface area contributed by atoms with Crippen molar-refractivity contribution in [3.05, 3.63) is 30.3 Å². The van der Waals surface area contributed by atoms with Gasteiger partial charge in [-0.05, 0) is 0 Å². The molecule has 0 aliphatic heterocycles. The maximum atomic E-state index is 5.46. The van der Waals surface area contributed by atoms with E-state index < -0.39 is 14.4 Å². The normalized spacial score (nSPS) is 13.8. The molecule has 1 aromatic carbocycles.